The number of benzene rings is 3. The molecule has 3 aromatic rings. The molecule has 0 aliphatic rings. The van der Waals surface area contributed by atoms with Crippen LogP contribution in [0.15, 0.2) is 83.8 Å². The molecule has 0 radical (unpaired) electrons. The highest BCUT2D eigenvalue weighted by atomic mass is 35.5. The van der Waals surface area contributed by atoms with E-state index in [1.807, 2.05) is 38.1 Å². The van der Waals surface area contributed by atoms with Crippen LogP contribution in [0.1, 0.15) is 25.5 Å². The van der Waals surface area contributed by atoms with Gasteiger partial charge in [0, 0.05) is 5.02 Å². The number of halogens is 1. The van der Waals surface area contributed by atoms with Crippen molar-refractivity contribution < 1.29 is 17.9 Å². The summed E-state index contributed by atoms with van der Waals surface area (Å²) >= 11 is 6.09. The number of hydrogen-bond donors (Lipinski definition) is 1. The summed E-state index contributed by atoms with van der Waals surface area (Å²) in [4.78, 5) is 13.0. The molecule has 168 valence electrons. The second-order valence-corrected chi connectivity index (χ2v) is 9.39. The highest BCUT2D eigenvalue weighted by molar-refractivity contribution is 7.92. The molecule has 0 aliphatic heterocycles. The van der Waals surface area contributed by atoms with Crippen molar-refractivity contribution in [3.63, 3.8) is 0 Å². The van der Waals surface area contributed by atoms with Crippen LogP contribution in [0, 0.1) is 0 Å². The van der Waals surface area contributed by atoms with Crippen molar-refractivity contribution in [2.45, 2.75) is 24.8 Å². The lowest BCUT2D eigenvalue weighted by molar-refractivity contribution is -0.120. The lowest BCUT2D eigenvalue weighted by Gasteiger charge is -2.25. The van der Waals surface area contributed by atoms with Crippen molar-refractivity contribution in [1.29, 1.82) is 0 Å². The molecule has 1 N–H and O–H groups in total. The zero-order valence-electron chi connectivity index (χ0n) is 17.9. The number of amides is 1. The third-order valence-corrected chi connectivity index (χ3v) is 6.81. The Morgan fingerprint density at radius 2 is 1.72 bits per heavy atom. The van der Waals surface area contributed by atoms with E-state index in [1.165, 1.54) is 18.2 Å². The van der Waals surface area contributed by atoms with Crippen LogP contribution in [0.2, 0.25) is 5.02 Å². The highest BCUT2D eigenvalue weighted by Crippen LogP contribution is 2.26. The standard InChI is InChI=1S/C24H25ClN2O4S/c1-3-31-22-14-12-19(13-15-22)18(2)26-24(28)17-27(21-9-7-8-20(25)16-21)32(29,30)23-10-5-4-6-11-23/h4-16,18H,3,17H2,1-2H3,(H,26,28). The molecule has 0 aromatic heterocycles. The summed E-state index contributed by atoms with van der Waals surface area (Å²) in [5.41, 5.74) is 1.19. The van der Waals surface area contributed by atoms with Crippen LogP contribution in [0.25, 0.3) is 0 Å². The molecule has 1 atom stereocenters. The van der Waals surface area contributed by atoms with Crippen LogP contribution in [0.3, 0.4) is 0 Å². The number of anilines is 1. The molecule has 8 heteroatoms. The number of rotatable bonds is 9. The third-order valence-electron chi connectivity index (χ3n) is 4.78. The molecule has 6 nitrogen and oxygen atoms in total. The Hall–Kier alpha value is -3.03. The maximum atomic E-state index is 13.3. The van der Waals surface area contributed by atoms with Crippen LogP contribution in [-0.4, -0.2) is 27.5 Å². The van der Waals surface area contributed by atoms with Crippen molar-refractivity contribution in [3.8, 4) is 5.75 Å². The fraction of sp³-hybridized carbons (Fsp3) is 0.208. The molecule has 0 bridgehead atoms. The second-order valence-electron chi connectivity index (χ2n) is 7.10. The summed E-state index contributed by atoms with van der Waals surface area (Å²) in [6, 6.07) is 21.5. The van der Waals surface area contributed by atoms with E-state index < -0.39 is 15.9 Å². The number of carbonyl (C=O) groups is 1. The first-order valence-electron chi connectivity index (χ1n) is 10.2. The van der Waals surface area contributed by atoms with E-state index >= 15 is 0 Å². The average Bonchev–Trinajstić information content (AvgIpc) is 2.78. The highest BCUT2D eigenvalue weighted by Gasteiger charge is 2.27. The summed E-state index contributed by atoms with van der Waals surface area (Å²) in [6.07, 6.45) is 0. The topological polar surface area (TPSA) is 75.7 Å². The zero-order valence-corrected chi connectivity index (χ0v) is 19.4. The normalized spacial score (nSPS) is 12.1. The van der Waals surface area contributed by atoms with Crippen LogP contribution < -0.4 is 14.4 Å². The number of carbonyl (C=O) groups excluding carboxylic acids is 1. The monoisotopic (exact) mass is 472 g/mol. The molecule has 0 saturated heterocycles. The van der Waals surface area contributed by atoms with Crippen molar-refractivity contribution in [3.05, 3.63) is 89.4 Å². The summed E-state index contributed by atoms with van der Waals surface area (Å²) in [5.74, 6) is 0.307. The molecule has 32 heavy (non-hydrogen) atoms. The van der Waals surface area contributed by atoms with E-state index in [0.29, 0.717) is 17.3 Å². The minimum atomic E-state index is -3.98. The van der Waals surface area contributed by atoms with Crippen molar-refractivity contribution in [2.24, 2.45) is 0 Å². The molecule has 0 fully saturated rings. The predicted octanol–water partition coefficient (Wildman–Crippen LogP) is 4.81. The van der Waals surface area contributed by atoms with Gasteiger partial charge in [0.25, 0.3) is 10.0 Å². The Morgan fingerprint density at radius 3 is 2.34 bits per heavy atom. The zero-order chi connectivity index (χ0) is 23.1. The van der Waals surface area contributed by atoms with Gasteiger partial charge in [-0.2, -0.15) is 0 Å². The lowest BCUT2D eigenvalue weighted by atomic mass is 10.1. The van der Waals surface area contributed by atoms with Gasteiger partial charge in [-0.15, -0.1) is 0 Å². The Morgan fingerprint density at radius 1 is 1.03 bits per heavy atom. The van der Waals surface area contributed by atoms with Gasteiger partial charge in [-0.1, -0.05) is 48.0 Å². The molecular formula is C24H25ClN2O4S. The van der Waals surface area contributed by atoms with E-state index in [0.717, 1.165) is 15.6 Å². The minimum absolute atomic E-state index is 0.0901. The molecule has 0 spiro atoms. The van der Waals surface area contributed by atoms with Gasteiger partial charge in [0.1, 0.15) is 12.3 Å². The molecule has 0 aliphatic carbocycles. The molecule has 0 heterocycles. The third kappa shape index (κ3) is 5.81. The number of ether oxygens (including phenoxy) is 1. The molecule has 3 aromatic carbocycles. The van der Waals surface area contributed by atoms with E-state index in [-0.39, 0.29) is 17.5 Å². The quantitative estimate of drug-likeness (QED) is 0.484. The van der Waals surface area contributed by atoms with Crippen LogP contribution >= 0.6 is 11.6 Å². The molecule has 1 unspecified atom stereocenters. The van der Waals surface area contributed by atoms with Gasteiger partial charge in [-0.25, -0.2) is 8.42 Å². The van der Waals surface area contributed by atoms with Gasteiger partial charge in [-0.05, 0) is 61.9 Å². The summed E-state index contributed by atoms with van der Waals surface area (Å²) in [7, 11) is -3.98. The Bertz CT molecular complexity index is 1150. The van der Waals surface area contributed by atoms with E-state index in [1.54, 1.807) is 36.4 Å². The van der Waals surface area contributed by atoms with Crippen molar-refractivity contribution in [1.82, 2.24) is 5.32 Å². The van der Waals surface area contributed by atoms with E-state index in [2.05, 4.69) is 5.32 Å². The first-order valence-corrected chi connectivity index (χ1v) is 12.0. The summed E-state index contributed by atoms with van der Waals surface area (Å²) in [5, 5.41) is 3.24. The Labute approximate surface area is 193 Å². The number of nitrogens with zero attached hydrogens (tertiary/aromatic N) is 1. The van der Waals surface area contributed by atoms with Crippen LogP contribution in [0.4, 0.5) is 5.69 Å². The van der Waals surface area contributed by atoms with Crippen molar-refractivity contribution >= 4 is 33.2 Å². The smallest absolute Gasteiger partial charge is 0.264 e. The molecular weight excluding hydrogens is 448 g/mol. The maximum absolute atomic E-state index is 13.3. The maximum Gasteiger partial charge on any atom is 0.264 e. The first kappa shape index (κ1) is 23.6. The Kier molecular flexibility index (Phi) is 7.77. The van der Waals surface area contributed by atoms with Crippen LogP contribution in [-0.2, 0) is 14.8 Å². The lowest BCUT2D eigenvalue weighted by Crippen LogP contribution is -2.41. The summed E-state index contributed by atoms with van der Waals surface area (Å²) in [6.45, 7) is 3.93. The SMILES string of the molecule is CCOc1ccc(C(C)NC(=O)CN(c2cccc(Cl)c2)S(=O)(=O)c2ccccc2)cc1. The van der Waals surface area contributed by atoms with Crippen LogP contribution in [0.5, 0.6) is 5.75 Å². The molecule has 1 amide bonds. The fourth-order valence-electron chi connectivity index (χ4n) is 3.19. The van der Waals surface area contributed by atoms with Gasteiger partial charge in [-0.3, -0.25) is 9.10 Å². The number of hydrogen-bond acceptors (Lipinski definition) is 4. The fourth-order valence-corrected chi connectivity index (χ4v) is 4.80. The van der Waals surface area contributed by atoms with E-state index in [4.69, 9.17) is 16.3 Å². The van der Waals surface area contributed by atoms with Crippen molar-refractivity contribution in [2.75, 3.05) is 17.5 Å². The largest absolute Gasteiger partial charge is 0.494 e. The van der Waals surface area contributed by atoms with Gasteiger partial charge in [0.15, 0.2) is 0 Å². The Balaban J connectivity index is 1.82. The average molecular weight is 473 g/mol. The molecule has 0 saturated carbocycles. The second kappa shape index (κ2) is 10.5. The van der Waals surface area contributed by atoms with Gasteiger partial charge in [0.2, 0.25) is 5.91 Å². The van der Waals surface area contributed by atoms with E-state index in [9.17, 15) is 13.2 Å². The van der Waals surface area contributed by atoms with Gasteiger partial charge < -0.3 is 10.1 Å². The predicted molar refractivity (Wildman–Crippen MR) is 127 cm³/mol. The minimum Gasteiger partial charge on any atom is -0.494 e. The first-order chi connectivity index (χ1) is 15.3. The van der Waals surface area contributed by atoms with Gasteiger partial charge >= 0.3 is 0 Å². The number of sulfonamides is 1. The number of nitrogens with one attached hydrogen (secondary N) is 1. The molecule has 3 rings (SSSR count). The summed E-state index contributed by atoms with van der Waals surface area (Å²) < 4.78 is 33.2. The van der Waals surface area contributed by atoms with Gasteiger partial charge in [0.05, 0.1) is 23.2 Å².